The van der Waals surface area contributed by atoms with Crippen molar-refractivity contribution in [2.75, 3.05) is 23.7 Å². The summed E-state index contributed by atoms with van der Waals surface area (Å²) < 4.78 is 41.2. The first-order valence-electron chi connectivity index (χ1n) is 9.75. The molecule has 0 fully saturated rings. The molecule has 0 saturated carbocycles. The minimum atomic E-state index is -3.36. The Morgan fingerprint density at radius 1 is 1.10 bits per heavy atom. The molecule has 0 aliphatic carbocycles. The van der Waals surface area contributed by atoms with Gasteiger partial charge in [-0.05, 0) is 43.2 Å². The monoisotopic (exact) mass is 443 g/mol. The van der Waals surface area contributed by atoms with Crippen molar-refractivity contribution in [3.8, 4) is 0 Å². The van der Waals surface area contributed by atoms with Gasteiger partial charge in [-0.25, -0.2) is 18.0 Å². The van der Waals surface area contributed by atoms with Crippen LogP contribution in [-0.4, -0.2) is 39.8 Å². The van der Waals surface area contributed by atoms with E-state index >= 15 is 0 Å². The molecule has 8 nitrogen and oxygen atoms in total. The number of carbonyl (C=O) groups excluding carboxylic acids is 2. The lowest BCUT2D eigenvalue weighted by molar-refractivity contribution is 0.0435. The second-order valence-electron chi connectivity index (χ2n) is 7.13. The molecule has 0 bridgehead atoms. The highest BCUT2D eigenvalue weighted by atomic mass is 32.2. The number of anilines is 1. The minimum absolute atomic E-state index is 0.00796. The van der Waals surface area contributed by atoms with Gasteiger partial charge in [0.05, 0.1) is 29.7 Å². The molecule has 1 aromatic heterocycles. The third kappa shape index (κ3) is 4.00. The lowest BCUT2D eigenvalue weighted by atomic mass is 10.1. The van der Waals surface area contributed by atoms with E-state index in [-0.39, 0.29) is 19.0 Å². The maximum atomic E-state index is 12.7. The fourth-order valence-electron chi connectivity index (χ4n) is 3.67. The Kier molecular flexibility index (Phi) is 5.45. The highest BCUT2D eigenvalue weighted by Crippen LogP contribution is 2.31. The number of ether oxygens (including phenoxy) is 2. The zero-order valence-corrected chi connectivity index (χ0v) is 17.9. The van der Waals surface area contributed by atoms with E-state index in [1.165, 1.54) is 10.4 Å². The predicted molar refractivity (Wildman–Crippen MR) is 114 cm³/mol. The third-order valence-electron chi connectivity index (χ3n) is 5.08. The second kappa shape index (κ2) is 8.07. The molecule has 0 atom stereocenters. The molecule has 1 aliphatic heterocycles. The summed E-state index contributed by atoms with van der Waals surface area (Å²) in [7, 11) is -3.36. The van der Waals surface area contributed by atoms with Crippen molar-refractivity contribution >= 4 is 38.6 Å². The second-order valence-corrected chi connectivity index (χ2v) is 9.04. The molecular weight excluding hydrogens is 422 g/mol. The number of benzene rings is 2. The van der Waals surface area contributed by atoms with Gasteiger partial charge in [0.15, 0.2) is 0 Å². The van der Waals surface area contributed by atoms with Crippen molar-refractivity contribution in [3.63, 3.8) is 0 Å². The van der Waals surface area contributed by atoms with E-state index in [1.54, 1.807) is 43.3 Å². The molecule has 9 heteroatoms. The van der Waals surface area contributed by atoms with Crippen LogP contribution in [0.25, 0.3) is 11.0 Å². The Balaban J connectivity index is 1.57. The highest BCUT2D eigenvalue weighted by Gasteiger charge is 2.27. The minimum Gasteiger partial charge on any atom is -0.460 e. The molecule has 1 aliphatic rings. The van der Waals surface area contributed by atoms with E-state index in [2.05, 4.69) is 0 Å². The van der Waals surface area contributed by atoms with Gasteiger partial charge in [0.1, 0.15) is 12.2 Å². The normalized spacial score (nSPS) is 13.3. The molecule has 0 spiro atoms. The van der Waals surface area contributed by atoms with Crippen LogP contribution < -0.4 is 4.31 Å². The van der Waals surface area contributed by atoms with E-state index in [1.807, 2.05) is 0 Å². The summed E-state index contributed by atoms with van der Waals surface area (Å²) in [5.74, 6) is -1.20. The average molecular weight is 443 g/mol. The predicted octanol–water partition coefficient (Wildman–Crippen LogP) is 3.29. The first-order chi connectivity index (χ1) is 14.8. The maximum absolute atomic E-state index is 12.7. The molecular formula is C22H21NO7S. The van der Waals surface area contributed by atoms with Crippen LogP contribution in [0.15, 0.2) is 46.9 Å². The molecule has 2 aromatic carbocycles. The van der Waals surface area contributed by atoms with Gasteiger partial charge in [0, 0.05) is 11.9 Å². The van der Waals surface area contributed by atoms with Gasteiger partial charge in [0.2, 0.25) is 15.8 Å². The van der Waals surface area contributed by atoms with E-state index in [0.717, 1.165) is 11.8 Å². The van der Waals surface area contributed by atoms with Crippen molar-refractivity contribution < 1.29 is 31.9 Å². The smallest absolute Gasteiger partial charge is 0.374 e. The number of sulfonamides is 1. The molecule has 0 N–H and O–H groups in total. The van der Waals surface area contributed by atoms with Crippen molar-refractivity contribution in [2.24, 2.45) is 0 Å². The lowest BCUT2D eigenvalue weighted by Crippen LogP contribution is -2.27. The number of para-hydroxylation sites is 1. The van der Waals surface area contributed by atoms with Crippen LogP contribution in [0, 0.1) is 0 Å². The topological polar surface area (TPSA) is 103 Å². The Hall–Kier alpha value is -3.33. The molecule has 31 heavy (non-hydrogen) atoms. The van der Waals surface area contributed by atoms with Gasteiger partial charge in [-0.1, -0.05) is 18.2 Å². The van der Waals surface area contributed by atoms with Crippen LogP contribution >= 0.6 is 0 Å². The number of hydrogen-bond acceptors (Lipinski definition) is 7. The zero-order chi connectivity index (χ0) is 22.2. The summed E-state index contributed by atoms with van der Waals surface area (Å²) in [6.45, 7) is 2.06. The fourth-order valence-corrected chi connectivity index (χ4v) is 4.63. The number of rotatable bonds is 6. The van der Waals surface area contributed by atoms with Gasteiger partial charge in [-0.3, -0.25) is 4.31 Å². The van der Waals surface area contributed by atoms with E-state index in [4.69, 9.17) is 13.9 Å². The van der Waals surface area contributed by atoms with E-state index < -0.39 is 22.0 Å². The van der Waals surface area contributed by atoms with Gasteiger partial charge < -0.3 is 13.9 Å². The summed E-state index contributed by atoms with van der Waals surface area (Å²) in [6, 6.07) is 11.9. The summed E-state index contributed by atoms with van der Waals surface area (Å²) >= 11 is 0. The quantitative estimate of drug-likeness (QED) is 0.539. The molecule has 0 amide bonds. The first-order valence-corrected chi connectivity index (χ1v) is 11.6. The lowest BCUT2D eigenvalue weighted by Gasteiger charge is -2.16. The Morgan fingerprint density at radius 3 is 2.61 bits per heavy atom. The summed E-state index contributed by atoms with van der Waals surface area (Å²) in [4.78, 5) is 24.9. The van der Waals surface area contributed by atoms with Gasteiger partial charge in [-0.2, -0.15) is 0 Å². The molecule has 2 heterocycles. The van der Waals surface area contributed by atoms with Crippen molar-refractivity contribution in [3.05, 3.63) is 64.9 Å². The summed E-state index contributed by atoms with van der Waals surface area (Å²) in [6.07, 6.45) is 1.67. The number of fused-ring (bicyclic) bond motifs is 2. The van der Waals surface area contributed by atoms with Crippen LogP contribution in [0.4, 0.5) is 5.69 Å². The number of carbonyl (C=O) groups is 2. The van der Waals surface area contributed by atoms with Crippen molar-refractivity contribution in [2.45, 2.75) is 20.0 Å². The third-order valence-corrected chi connectivity index (χ3v) is 6.26. The van der Waals surface area contributed by atoms with Crippen LogP contribution in [0.5, 0.6) is 0 Å². The summed E-state index contributed by atoms with van der Waals surface area (Å²) in [5, 5.41) is 0.663. The summed E-state index contributed by atoms with van der Waals surface area (Å²) in [5.41, 5.74) is 2.58. The van der Waals surface area contributed by atoms with Gasteiger partial charge in [-0.15, -0.1) is 0 Å². The van der Waals surface area contributed by atoms with Crippen LogP contribution in [0.1, 0.15) is 39.0 Å². The number of hydrogen-bond donors (Lipinski definition) is 0. The van der Waals surface area contributed by atoms with E-state index in [9.17, 15) is 18.0 Å². The zero-order valence-electron chi connectivity index (χ0n) is 17.1. The first kappa shape index (κ1) is 20.9. The van der Waals surface area contributed by atoms with Crippen LogP contribution in [0.3, 0.4) is 0 Å². The van der Waals surface area contributed by atoms with E-state index in [0.29, 0.717) is 40.7 Å². The fraction of sp³-hybridized carbons (Fsp3) is 0.273. The van der Waals surface area contributed by atoms with Gasteiger partial charge in [0.25, 0.3) is 0 Å². The number of esters is 2. The van der Waals surface area contributed by atoms with Crippen molar-refractivity contribution in [1.29, 1.82) is 0 Å². The van der Waals surface area contributed by atoms with Crippen LogP contribution in [0.2, 0.25) is 0 Å². The maximum Gasteiger partial charge on any atom is 0.374 e. The molecule has 0 unspecified atom stereocenters. The SMILES string of the molecule is CCOC(=O)c1oc2ccccc2c1COC(=O)c1ccc2c(c1)CCN2S(C)(=O)=O. The highest BCUT2D eigenvalue weighted by molar-refractivity contribution is 7.92. The Bertz CT molecular complexity index is 1280. The molecule has 3 aromatic rings. The average Bonchev–Trinajstić information content (AvgIpc) is 3.33. The Labute approximate surface area is 179 Å². The van der Waals surface area contributed by atoms with Gasteiger partial charge >= 0.3 is 11.9 Å². The largest absolute Gasteiger partial charge is 0.460 e. The van der Waals surface area contributed by atoms with Crippen molar-refractivity contribution in [1.82, 2.24) is 0 Å². The molecule has 0 saturated heterocycles. The molecule has 0 radical (unpaired) electrons. The van der Waals surface area contributed by atoms with Crippen LogP contribution in [-0.2, 0) is 32.5 Å². The Morgan fingerprint density at radius 2 is 1.87 bits per heavy atom. The molecule has 162 valence electrons. The number of furan rings is 1. The number of nitrogens with zero attached hydrogens (tertiary/aromatic N) is 1. The standard InChI is InChI=1S/C22H21NO7S/c1-3-28-22(25)20-17(16-6-4-5-7-19(16)30-20)13-29-21(24)15-8-9-18-14(12-15)10-11-23(18)31(2,26)27/h4-9,12H,3,10-11,13H2,1-2H3. The molecule has 4 rings (SSSR count).